The summed E-state index contributed by atoms with van der Waals surface area (Å²) < 4.78 is 0. The second-order valence-electron chi connectivity index (χ2n) is 9.92. The SMILES string of the molecule is C=CC(=C)N(c1ccc(-c2c(C=C)c(/C=C\C)cc3ccccc23)cc1)c1cc2ccccc2c2ccccc12. The lowest BCUT2D eigenvalue weighted by Gasteiger charge is -2.28. The largest absolute Gasteiger partial charge is 0.310 e. The van der Waals surface area contributed by atoms with Gasteiger partial charge in [0, 0.05) is 16.8 Å². The Hall–Kier alpha value is -5.14. The fourth-order valence-corrected chi connectivity index (χ4v) is 5.78. The first kappa shape index (κ1) is 25.2. The Balaban J connectivity index is 1.55. The number of benzene rings is 6. The van der Waals surface area contributed by atoms with Crippen molar-refractivity contribution in [3.05, 3.63) is 158 Å². The second kappa shape index (κ2) is 10.6. The summed E-state index contributed by atoms with van der Waals surface area (Å²) >= 11 is 0. The molecule has 0 heterocycles. The number of hydrogen-bond acceptors (Lipinski definition) is 1. The molecule has 0 aromatic heterocycles. The summed E-state index contributed by atoms with van der Waals surface area (Å²) in [5, 5.41) is 7.25. The van der Waals surface area contributed by atoms with Crippen molar-refractivity contribution < 1.29 is 0 Å². The molecule has 6 rings (SSSR count). The topological polar surface area (TPSA) is 3.24 Å². The molecule has 6 aromatic rings. The zero-order valence-corrected chi connectivity index (χ0v) is 22.8. The van der Waals surface area contributed by atoms with Gasteiger partial charge in [0.05, 0.1) is 5.69 Å². The van der Waals surface area contributed by atoms with Crippen LogP contribution in [0.5, 0.6) is 0 Å². The maximum absolute atomic E-state index is 4.38. The Morgan fingerprint density at radius 1 is 0.675 bits per heavy atom. The Morgan fingerprint density at radius 3 is 1.93 bits per heavy atom. The number of anilines is 2. The quantitative estimate of drug-likeness (QED) is 0.152. The highest BCUT2D eigenvalue weighted by atomic mass is 15.1. The van der Waals surface area contributed by atoms with Crippen molar-refractivity contribution in [2.24, 2.45) is 0 Å². The van der Waals surface area contributed by atoms with E-state index < -0.39 is 0 Å². The average Bonchev–Trinajstić information content (AvgIpc) is 3.01. The summed E-state index contributed by atoms with van der Waals surface area (Å²) in [6, 6.07) is 38.9. The van der Waals surface area contributed by atoms with E-state index in [4.69, 9.17) is 0 Å². The molecule has 6 aromatic carbocycles. The van der Waals surface area contributed by atoms with Crippen LogP contribution in [-0.4, -0.2) is 0 Å². The summed E-state index contributed by atoms with van der Waals surface area (Å²) in [5.74, 6) is 0. The molecule has 0 fully saturated rings. The monoisotopic (exact) mass is 513 g/mol. The minimum atomic E-state index is 0.820. The first-order valence-corrected chi connectivity index (χ1v) is 13.6. The molecule has 0 N–H and O–H groups in total. The number of rotatable bonds is 7. The molecule has 0 saturated carbocycles. The third kappa shape index (κ3) is 4.22. The van der Waals surface area contributed by atoms with Crippen LogP contribution < -0.4 is 4.90 Å². The average molecular weight is 514 g/mol. The Bertz CT molecular complexity index is 1950. The third-order valence-corrected chi connectivity index (χ3v) is 7.60. The molecular weight excluding hydrogens is 482 g/mol. The van der Waals surface area contributed by atoms with Gasteiger partial charge in [-0.3, -0.25) is 0 Å². The predicted octanol–water partition coefficient (Wildman–Crippen LogP) is 11.3. The molecule has 192 valence electrons. The van der Waals surface area contributed by atoms with Crippen molar-refractivity contribution in [2.75, 3.05) is 4.90 Å². The standard InChI is InChI=1S/C39H31N/c1-5-14-29-25-30-15-9-11-18-35(30)39(33(29)7-3)28-21-23-32(24-22-28)40(27(4)6-2)38-26-31-16-8-10-17-34(31)36-19-12-13-20-37(36)38/h5-26H,2-4H2,1H3/b14-5-. The fraction of sp³-hybridized carbons (Fsp3) is 0.0256. The first-order valence-electron chi connectivity index (χ1n) is 13.6. The Morgan fingerprint density at radius 2 is 1.27 bits per heavy atom. The lowest BCUT2D eigenvalue weighted by molar-refractivity contribution is 1.24. The molecule has 0 spiro atoms. The second-order valence-corrected chi connectivity index (χ2v) is 9.92. The smallest absolute Gasteiger partial charge is 0.0546 e. The molecule has 0 bridgehead atoms. The zero-order chi connectivity index (χ0) is 27.6. The summed E-state index contributed by atoms with van der Waals surface area (Å²) in [6.45, 7) is 14.7. The Kier molecular flexibility index (Phi) is 6.64. The van der Waals surface area contributed by atoms with Gasteiger partial charge in [0.25, 0.3) is 0 Å². The van der Waals surface area contributed by atoms with E-state index in [2.05, 4.69) is 146 Å². The molecule has 0 radical (unpaired) electrons. The van der Waals surface area contributed by atoms with E-state index in [1.807, 2.05) is 19.1 Å². The van der Waals surface area contributed by atoms with Crippen LogP contribution in [0.2, 0.25) is 0 Å². The molecule has 1 heteroatoms. The van der Waals surface area contributed by atoms with E-state index >= 15 is 0 Å². The van der Waals surface area contributed by atoms with Gasteiger partial charge in [-0.05, 0) is 86.5 Å². The van der Waals surface area contributed by atoms with Gasteiger partial charge in [0.2, 0.25) is 0 Å². The minimum Gasteiger partial charge on any atom is -0.310 e. The maximum Gasteiger partial charge on any atom is 0.0546 e. The molecule has 0 aliphatic rings. The summed E-state index contributed by atoms with van der Waals surface area (Å²) in [7, 11) is 0. The van der Waals surface area contributed by atoms with Crippen molar-refractivity contribution in [2.45, 2.75) is 6.92 Å². The van der Waals surface area contributed by atoms with Crippen molar-refractivity contribution in [3.63, 3.8) is 0 Å². The normalized spacial score (nSPS) is 11.3. The maximum atomic E-state index is 4.38. The van der Waals surface area contributed by atoms with Crippen molar-refractivity contribution in [3.8, 4) is 11.1 Å². The highest BCUT2D eigenvalue weighted by molar-refractivity contribution is 6.14. The van der Waals surface area contributed by atoms with Gasteiger partial charge in [-0.15, -0.1) is 0 Å². The Labute approximate surface area is 236 Å². The van der Waals surface area contributed by atoms with Crippen LogP contribution in [0.4, 0.5) is 11.4 Å². The van der Waals surface area contributed by atoms with E-state index in [9.17, 15) is 0 Å². The van der Waals surface area contributed by atoms with Gasteiger partial charge in [-0.1, -0.05) is 123 Å². The summed E-state index contributed by atoms with van der Waals surface area (Å²) in [5.41, 5.74) is 7.58. The third-order valence-electron chi connectivity index (χ3n) is 7.60. The fourth-order valence-electron chi connectivity index (χ4n) is 5.78. The van der Waals surface area contributed by atoms with Crippen LogP contribution in [0.3, 0.4) is 0 Å². The van der Waals surface area contributed by atoms with Gasteiger partial charge >= 0.3 is 0 Å². The van der Waals surface area contributed by atoms with Crippen LogP contribution in [0.1, 0.15) is 18.1 Å². The highest BCUT2D eigenvalue weighted by Gasteiger charge is 2.18. The molecular formula is C39H31N. The molecule has 0 unspecified atom stereocenters. The van der Waals surface area contributed by atoms with Crippen LogP contribution in [0, 0.1) is 0 Å². The predicted molar refractivity (Wildman–Crippen MR) is 177 cm³/mol. The van der Waals surface area contributed by atoms with Gasteiger partial charge in [-0.2, -0.15) is 0 Å². The number of allylic oxidation sites excluding steroid dienone is 2. The van der Waals surface area contributed by atoms with Crippen molar-refractivity contribution in [1.29, 1.82) is 0 Å². The highest BCUT2D eigenvalue weighted by Crippen LogP contribution is 2.41. The zero-order valence-electron chi connectivity index (χ0n) is 22.8. The van der Waals surface area contributed by atoms with Gasteiger partial charge in [0.15, 0.2) is 0 Å². The molecule has 0 amide bonds. The van der Waals surface area contributed by atoms with Gasteiger partial charge < -0.3 is 4.90 Å². The van der Waals surface area contributed by atoms with Crippen LogP contribution in [0.25, 0.3) is 55.6 Å². The van der Waals surface area contributed by atoms with Crippen LogP contribution in [0.15, 0.2) is 147 Å². The van der Waals surface area contributed by atoms with E-state index in [0.717, 1.165) is 28.2 Å². The number of hydrogen-bond donors (Lipinski definition) is 0. The molecule has 40 heavy (non-hydrogen) atoms. The van der Waals surface area contributed by atoms with Crippen molar-refractivity contribution >= 4 is 55.8 Å². The first-order chi connectivity index (χ1) is 19.6. The van der Waals surface area contributed by atoms with Crippen LogP contribution in [-0.2, 0) is 0 Å². The van der Waals surface area contributed by atoms with Crippen LogP contribution >= 0.6 is 0 Å². The summed E-state index contributed by atoms with van der Waals surface area (Å²) in [4.78, 5) is 2.20. The van der Waals surface area contributed by atoms with Gasteiger partial charge in [0.1, 0.15) is 0 Å². The van der Waals surface area contributed by atoms with Crippen molar-refractivity contribution in [1.82, 2.24) is 0 Å². The number of nitrogens with zero attached hydrogens (tertiary/aromatic N) is 1. The van der Waals surface area contributed by atoms with E-state index in [1.165, 1.54) is 43.4 Å². The lowest BCUT2D eigenvalue weighted by Crippen LogP contribution is -2.14. The number of fused-ring (bicyclic) bond motifs is 4. The van der Waals surface area contributed by atoms with E-state index in [-0.39, 0.29) is 0 Å². The van der Waals surface area contributed by atoms with E-state index in [1.54, 1.807) is 0 Å². The molecule has 1 nitrogen and oxygen atoms in total. The van der Waals surface area contributed by atoms with E-state index in [0.29, 0.717) is 0 Å². The minimum absolute atomic E-state index is 0.820. The summed E-state index contributed by atoms with van der Waals surface area (Å²) in [6.07, 6.45) is 8.03. The molecule has 0 aliphatic heterocycles. The lowest BCUT2D eigenvalue weighted by atomic mass is 9.89. The molecule has 0 atom stereocenters. The molecule has 0 aliphatic carbocycles. The van der Waals surface area contributed by atoms with Gasteiger partial charge in [-0.25, -0.2) is 0 Å². The molecule has 0 saturated heterocycles.